The van der Waals surface area contributed by atoms with E-state index < -0.39 is 0 Å². The Labute approximate surface area is 126 Å². The van der Waals surface area contributed by atoms with E-state index in [0.717, 1.165) is 29.0 Å². The Bertz CT molecular complexity index is 624. The minimum absolute atomic E-state index is 0.0907. The smallest absolute Gasteiger partial charge is 0.221 e. The van der Waals surface area contributed by atoms with Gasteiger partial charge in [-0.2, -0.15) is 4.37 Å². The molecule has 0 aromatic carbocycles. The van der Waals surface area contributed by atoms with Gasteiger partial charge in [0.25, 0.3) is 0 Å². The summed E-state index contributed by atoms with van der Waals surface area (Å²) < 4.78 is 4.19. The second-order valence-electron chi connectivity index (χ2n) is 5.03. The number of nitrogens with zero attached hydrogens (tertiary/aromatic N) is 2. The number of amides is 1. The minimum atomic E-state index is 0.0907. The molecule has 0 radical (unpaired) electrons. The van der Waals surface area contributed by atoms with Crippen LogP contribution in [0.3, 0.4) is 0 Å². The van der Waals surface area contributed by atoms with E-state index >= 15 is 0 Å². The highest BCUT2D eigenvalue weighted by molar-refractivity contribution is 7.11. The zero-order valence-electron chi connectivity index (χ0n) is 11.5. The second-order valence-corrected chi connectivity index (χ2v) is 5.80. The molecule has 0 atom stereocenters. The van der Waals surface area contributed by atoms with E-state index in [0.29, 0.717) is 24.8 Å². The lowest BCUT2D eigenvalue weighted by Crippen LogP contribution is -2.27. The Balaban J connectivity index is 1.62. The van der Waals surface area contributed by atoms with Gasteiger partial charge < -0.3 is 16.4 Å². The van der Waals surface area contributed by atoms with Crippen molar-refractivity contribution in [1.82, 2.24) is 14.7 Å². The molecular weight excluding hydrogens is 286 g/mol. The zero-order chi connectivity index (χ0) is 14.7. The maximum Gasteiger partial charge on any atom is 0.221 e. The van der Waals surface area contributed by atoms with Crippen molar-refractivity contribution in [3.05, 3.63) is 24.5 Å². The highest BCUT2D eigenvalue weighted by Gasteiger charge is 2.22. The molecular formula is C14H17N5OS. The van der Waals surface area contributed by atoms with E-state index in [4.69, 9.17) is 5.73 Å². The minimum Gasteiger partial charge on any atom is -0.382 e. The largest absolute Gasteiger partial charge is 0.382 e. The van der Waals surface area contributed by atoms with Crippen molar-refractivity contribution >= 4 is 28.3 Å². The first-order valence-corrected chi connectivity index (χ1v) is 7.70. The zero-order valence-corrected chi connectivity index (χ0v) is 12.3. The average molecular weight is 303 g/mol. The van der Waals surface area contributed by atoms with Gasteiger partial charge >= 0.3 is 0 Å². The number of carbonyl (C=O) groups excluding carboxylic acids is 1. The lowest BCUT2D eigenvalue weighted by Gasteiger charge is -2.07. The monoisotopic (exact) mass is 303 g/mol. The third-order valence-corrected chi connectivity index (χ3v) is 4.09. The Morgan fingerprint density at radius 2 is 2.14 bits per heavy atom. The molecule has 3 rings (SSSR count). The summed E-state index contributed by atoms with van der Waals surface area (Å²) in [5.74, 6) is 0.587. The van der Waals surface area contributed by atoms with Gasteiger partial charge in [-0.25, -0.2) is 0 Å². The van der Waals surface area contributed by atoms with E-state index in [1.807, 2.05) is 12.1 Å². The molecule has 1 aliphatic carbocycles. The maximum atomic E-state index is 11.6. The normalized spacial score (nSPS) is 13.9. The first-order chi connectivity index (χ1) is 10.2. The number of nitrogens with two attached hydrogens (primary N) is 1. The number of rotatable bonds is 6. The van der Waals surface area contributed by atoms with Gasteiger partial charge in [-0.3, -0.25) is 9.78 Å². The summed E-state index contributed by atoms with van der Waals surface area (Å²) >= 11 is 1.31. The van der Waals surface area contributed by atoms with E-state index in [-0.39, 0.29) is 5.91 Å². The van der Waals surface area contributed by atoms with Crippen LogP contribution in [0.5, 0.6) is 0 Å². The van der Waals surface area contributed by atoms with Gasteiger partial charge in [0.05, 0.1) is 5.56 Å². The van der Waals surface area contributed by atoms with Crippen LogP contribution in [0.25, 0.3) is 11.1 Å². The Hall–Kier alpha value is -2.15. The van der Waals surface area contributed by atoms with Gasteiger partial charge in [-0.05, 0) is 42.1 Å². The molecule has 0 unspecified atom stereocenters. The fourth-order valence-electron chi connectivity index (χ4n) is 2.04. The lowest BCUT2D eigenvalue weighted by molar-refractivity contribution is -0.120. The highest BCUT2D eigenvalue weighted by atomic mass is 32.1. The molecule has 0 spiro atoms. The number of nitrogen functional groups attached to an aromatic ring is 1. The molecule has 2 heterocycles. The second kappa shape index (κ2) is 6.09. The molecule has 2 aromatic heterocycles. The van der Waals surface area contributed by atoms with Crippen LogP contribution in [-0.4, -0.2) is 27.9 Å². The molecule has 1 aliphatic rings. The van der Waals surface area contributed by atoms with Gasteiger partial charge in [0.2, 0.25) is 5.91 Å². The van der Waals surface area contributed by atoms with E-state index in [2.05, 4.69) is 20.0 Å². The van der Waals surface area contributed by atoms with Gasteiger partial charge in [0.1, 0.15) is 10.8 Å². The van der Waals surface area contributed by atoms with E-state index in [9.17, 15) is 4.79 Å². The number of hydrogen-bond acceptors (Lipinski definition) is 6. The van der Waals surface area contributed by atoms with Crippen LogP contribution < -0.4 is 16.4 Å². The first-order valence-electron chi connectivity index (χ1n) is 6.93. The summed E-state index contributed by atoms with van der Waals surface area (Å²) in [7, 11) is 0. The summed E-state index contributed by atoms with van der Waals surface area (Å²) in [5, 5.41) is 7.11. The molecule has 110 valence electrons. The van der Waals surface area contributed by atoms with Gasteiger partial charge in [-0.15, -0.1) is 0 Å². The average Bonchev–Trinajstić information content (AvgIpc) is 3.22. The van der Waals surface area contributed by atoms with Gasteiger partial charge in [0.15, 0.2) is 0 Å². The number of anilines is 2. The molecule has 2 aromatic rings. The molecule has 21 heavy (non-hydrogen) atoms. The fourth-order valence-corrected chi connectivity index (χ4v) is 2.80. The van der Waals surface area contributed by atoms with Crippen molar-refractivity contribution in [2.75, 3.05) is 17.6 Å². The summed E-state index contributed by atoms with van der Waals surface area (Å²) in [6, 6.07) is 4.19. The highest BCUT2D eigenvalue weighted by Crippen LogP contribution is 2.36. The predicted octanol–water partition coefficient (Wildman–Crippen LogP) is 1.87. The molecule has 1 saturated carbocycles. The van der Waals surface area contributed by atoms with Crippen LogP contribution in [-0.2, 0) is 4.79 Å². The maximum absolute atomic E-state index is 11.6. The van der Waals surface area contributed by atoms with E-state index in [1.54, 1.807) is 12.4 Å². The van der Waals surface area contributed by atoms with Crippen LogP contribution in [0.4, 0.5) is 10.8 Å². The summed E-state index contributed by atoms with van der Waals surface area (Å²) in [6.45, 7) is 0.568. The first kappa shape index (κ1) is 13.8. The van der Waals surface area contributed by atoms with Crippen LogP contribution >= 0.6 is 11.5 Å². The molecule has 1 amide bonds. The van der Waals surface area contributed by atoms with Crippen molar-refractivity contribution in [3.8, 4) is 11.1 Å². The number of aromatic nitrogens is 2. The van der Waals surface area contributed by atoms with Crippen LogP contribution in [0.1, 0.15) is 19.3 Å². The molecule has 1 fully saturated rings. The predicted molar refractivity (Wildman–Crippen MR) is 84.0 cm³/mol. The topological polar surface area (TPSA) is 92.9 Å². The summed E-state index contributed by atoms with van der Waals surface area (Å²) in [5.41, 5.74) is 7.79. The molecule has 0 bridgehead atoms. The molecule has 6 nitrogen and oxygen atoms in total. The third kappa shape index (κ3) is 3.49. The third-order valence-electron chi connectivity index (χ3n) is 3.27. The van der Waals surface area contributed by atoms with Crippen LogP contribution in [0.2, 0.25) is 0 Å². The number of hydrogen-bond donors (Lipinski definition) is 3. The SMILES string of the molecule is Nc1nsc(NCCC(=O)NC2CC2)c1-c1ccncc1. The van der Waals surface area contributed by atoms with Crippen molar-refractivity contribution in [2.24, 2.45) is 0 Å². The summed E-state index contributed by atoms with van der Waals surface area (Å²) in [6.07, 6.45) is 6.11. The standard InChI is InChI=1S/C14H17N5OS/c15-13-12(9-3-6-16-7-4-9)14(21-19-13)17-8-5-11(20)18-10-1-2-10/h3-4,6-7,10,17H,1-2,5,8H2,(H2,15,19)(H,18,20). The number of nitrogens with one attached hydrogen (secondary N) is 2. The molecule has 4 N–H and O–H groups in total. The van der Waals surface area contributed by atoms with Crippen molar-refractivity contribution < 1.29 is 4.79 Å². The quantitative estimate of drug-likeness (QED) is 0.757. The molecule has 7 heteroatoms. The fraction of sp³-hybridized carbons (Fsp3) is 0.357. The molecule has 0 aliphatic heterocycles. The van der Waals surface area contributed by atoms with Gasteiger partial charge in [0, 0.05) is 31.4 Å². The Morgan fingerprint density at radius 1 is 1.38 bits per heavy atom. The number of pyridine rings is 1. The van der Waals surface area contributed by atoms with Crippen LogP contribution in [0, 0.1) is 0 Å². The summed E-state index contributed by atoms with van der Waals surface area (Å²) in [4.78, 5) is 15.6. The van der Waals surface area contributed by atoms with Crippen molar-refractivity contribution in [1.29, 1.82) is 0 Å². The molecule has 0 saturated heterocycles. The lowest BCUT2D eigenvalue weighted by atomic mass is 10.1. The Morgan fingerprint density at radius 3 is 2.86 bits per heavy atom. The number of carbonyl (C=O) groups is 1. The van der Waals surface area contributed by atoms with E-state index in [1.165, 1.54) is 11.5 Å². The van der Waals surface area contributed by atoms with Crippen LogP contribution in [0.15, 0.2) is 24.5 Å². The van der Waals surface area contributed by atoms with Gasteiger partial charge in [-0.1, -0.05) is 0 Å². The Kier molecular flexibility index (Phi) is 4.01. The van der Waals surface area contributed by atoms with Crippen molar-refractivity contribution in [2.45, 2.75) is 25.3 Å². The van der Waals surface area contributed by atoms with Crippen molar-refractivity contribution in [3.63, 3.8) is 0 Å².